The minimum atomic E-state index is -3.68. The van der Waals surface area contributed by atoms with Crippen LogP contribution in [-0.4, -0.2) is 72.6 Å². The Hall–Kier alpha value is -2.45. The number of rotatable bonds is 12. The number of thiazole rings is 1. The second-order valence-electron chi connectivity index (χ2n) is 9.46. The minimum Gasteiger partial charge on any atom is -0.328 e. The predicted octanol–water partition coefficient (Wildman–Crippen LogP) is 2.61. The molecule has 1 fully saturated rings. The fraction of sp³-hybridized carbons (Fsp3) is 0.520. The molecule has 1 saturated heterocycles. The number of halogens is 2. The molecule has 0 radical (unpaired) electrons. The number of hydrogen-bond donors (Lipinski definition) is 2. The number of hydrogen-bond acceptors (Lipinski definition) is 7. The molecule has 3 N–H and O–H groups in total. The summed E-state index contributed by atoms with van der Waals surface area (Å²) in [4.78, 5) is 6.53. The van der Waals surface area contributed by atoms with Crippen LogP contribution in [0.4, 0.5) is 13.9 Å². The Morgan fingerprint density at radius 1 is 1.21 bits per heavy atom. The van der Waals surface area contributed by atoms with E-state index < -0.39 is 16.2 Å². The van der Waals surface area contributed by atoms with Crippen LogP contribution in [0, 0.1) is 5.82 Å². The average molecular weight is 569 g/mol. The Bertz CT molecular complexity index is 1290. The molecule has 4 rings (SSSR count). The molecule has 1 aliphatic heterocycles. The summed E-state index contributed by atoms with van der Waals surface area (Å²) in [6, 6.07) is 6.45. The molecule has 9 nitrogen and oxygen atoms in total. The molecule has 38 heavy (non-hydrogen) atoms. The molecule has 208 valence electrons. The first kappa shape index (κ1) is 28.6. The molecule has 2 aromatic heterocycles. The second kappa shape index (κ2) is 12.6. The van der Waals surface area contributed by atoms with Crippen LogP contribution in [0.3, 0.4) is 0 Å². The quantitative estimate of drug-likeness (QED) is 0.326. The maximum absolute atomic E-state index is 13.7. The highest BCUT2D eigenvalue weighted by Crippen LogP contribution is 2.27. The van der Waals surface area contributed by atoms with Gasteiger partial charge in [0.1, 0.15) is 24.7 Å². The van der Waals surface area contributed by atoms with E-state index in [2.05, 4.69) is 19.8 Å². The summed E-state index contributed by atoms with van der Waals surface area (Å²) in [5.41, 5.74) is 7.36. The number of piperazine rings is 1. The maximum Gasteiger partial charge on any atom is 0.335 e. The summed E-state index contributed by atoms with van der Waals surface area (Å²) < 4.78 is 59.6. The lowest BCUT2D eigenvalue weighted by atomic mass is 10.1. The van der Waals surface area contributed by atoms with Crippen LogP contribution >= 0.6 is 11.3 Å². The first-order valence-electron chi connectivity index (χ1n) is 12.8. The lowest BCUT2D eigenvalue weighted by Crippen LogP contribution is -2.48. The van der Waals surface area contributed by atoms with E-state index in [1.54, 1.807) is 24.7 Å². The summed E-state index contributed by atoms with van der Waals surface area (Å²) >= 11 is 1.13. The van der Waals surface area contributed by atoms with Crippen molar-refractivity contribution in [2.45, 2.75) is 49.8 Å². The Labute approximate surface area is 226 Å². The number of nitrogens with zero attached hydrogens (tertiary/aromatic N) is 5. The van der Waals surface area contributed by atoms with Gasteiger partial charge in [-0.3, -0.25) is 10.2 Å². The number of benzene rings is 1. The van der Waals surface area contributed by atoms with Gasteiger partial charge in [-0.25, -0.2) is 26.7 Å². The van der Waals surface area contributed by atoms with Gasteiger partial charge in [0.2, 0.25) is 0 Å². The van der Waals surface area contributed by atoms with Crippen LogP contribution in [0.25, 0.3) is 0 Å². The molecular formula is C25H36F2N7O2S2+. The van der Waals surface area contributed by atoms with E-state index in [1.165, 1.54) is 16.4 Å². The van der Waals surface area contributed by atoms with Crippen molar-refractivity contribution in [3.8, 4) is 0 Å². The normalized spacial score (nSPS) is 17.0. The molecule has 0 spiro atoms. The van der Waals surface area contributed by atoms with Crippen molar-refractivity contribution in [1.29, 1.82) is 0 Å². The maximum atomic E-state index is 13.7. The van der Waals surface area contributed by atoms with E-state index in [0.717, 1.165) is 29.0 Å². The summed E-state index contributed by atoms with van der Waals surface area (Å²) in [6.45, 7) is 7.18. The summed E-state index contributed by atoms with van der Waals surface area (Å²) in [5, 5.41) is 3.63. The van der Waals surface area contributed by atoms with Gasteiger partial charge in [-0.1, -0.05) is 19.1 Å². The molecule has 3 heterocycles. The van der Waals surface area contributed by atoms with Gasteiger partial charge in [-0.05, 0) is 42.4 Å². The van der Waals surface area contributed by atoms with Crippen LogP contribution in [0.5, 0.6) is 0 Å². The van der Waals surface area contributed by atoms with Crippen molar-refractivity contribution in [3.63, 3.8) is 0 Å². The minimum absolute atomic E-state index is 0.0104. The van der Waals surface area contributed by atoms with Crippen LogP contribution in [0.15, 0.2) is 47.2 Å². The summed E-state index contributed by atoms with van der Waals surface area (Å²) in [6.07, 6.45) is 4.86. The van der Waals surface area contributed by atoms with Gasteiger partial charge < -0.3 is 10.3 Å². The van der Waals surface area contributed by atoms with Crippen LogP contribution in [-0.2, 0) is 23.1 Å². The highest BCUT2D eigenvalue weighted by atomic mass is 32.2. The topological polar surface area (TPSA) is 100 Å². The van der Waals surface area contributed by atoms with Crippen molar-refractivity contribution in [1.82, 2.24) is 18.8 Å². The molecule has 0 bridgehead atoms. The van der Waals surface area contributed by atoms with Crippen molar-refractivity contribution in [3.05, 3.63) is 60.1 Å². The second-order valence-corrected chi connectivity index (χ2v) is 12.7. The molecule has 3 aromatic rings. The van der Waals surface area contributed by atoms with Gasteiger partial charge in [-0.15, -0.1) is 0 Å². The summed E-state index contributed by atoms with van der Waals surface area (Å²) in [5.74, 6) is -0.269. The Morgan fingerprint density at radius 3 is 2.58 bits per heavy atom. The van der Waals surface area contributed by atoms with E-state index in [0.29, 0.717) is 44.4 Å². The molecule has 0 saturated carbocycles. The molecule has 2 atom stereocenters. The van der Waals surface area contributed by atoms with Crippen molar-refractivity contribution in [2.75, 3.05) is 44.6 Å². The molecular weight excluding hydrogens is 532 g/mol. The highest BCUT2D eigenvalue weighted by Gasteiger charge is 2.33. The van der Waals surface area contributed by atoms with Crippen LogP contribution < -0.4 is 15.6 Å². The Morgan fingerprint density at radius 2 is 1.92 bits per heavy atom. The molecule has 1 aliphatic rings. The fourth-order valence-electron chi connectivity index (χ4n) is 4.50. The number of nitrogens with two attached hydrogens (primary N) is 1. The highest BCUT2D eigenvalue weighted by molar-refractivity contribution is 7.91. The standard InChI is InChI=1S/C25H35F2N7O2S2/c1-3-8-32-17-24(37-25(32)30-14-22(27)13-28)38(35,36)33-11-9-31(10-12-33)16-23-15-29-18-34(23)19(2)20-4-6-21(26)7-5-20/h4-7,15,17-19,22H,3,8-14,16,28H2,1-2H3/p+1/t19-,22?/m1/s1. The number of alkyl halides is 1. The zero-order chi connectivity index (χ0) is 27.3. The lowest BCUT2D eigenvalue weighted by molar-refractivity contribution is -0.680. The largest absolute Gasteiger partial charge is 0.335 e. The first-order valence-corrected chi connectivity index (χ1v) is 15.1. The number of imidazole rings is 1. The van der Waals surface area contributed by atoms with E-state index in [9.17, 15) is 17.2 Å². The number of sulfonamides is 1. The van der Waals surface area contributed by atoms with Gasteiger partial charge in [-0.2, -0.15) is 4.31 Å². The number of nitrogens with one attached hydrogen (secondary N) is 1. The molecule has 1 aromatic carbocycles. The smallest absolute Gasteiger partial charge is 0.328 e. The number of anilines is 1. The lowest BCUT2D eigenvalue weighted by Gasteiger charge is -2.33. The fourth-order valence-corrected chi connectivity index (χ4v) is 7.42. The third kappa shape index (κ3) is 6.57. The van der Waals surface area contributed by atoms with E-state index >= 15 is 0 Å². The Balaban J connectivity index is 1.39. The van der Waals surface area contributed by atoms with Crippen molar-refractivity contribution in [2.24, 2.45) is 5.73 Å². The van der Waals surface area contributed by atoms with E-state index in [4.69, 9.17) is 5.73 Å². The van der Waals surface area contributed by atoms with Gasteiger partial charge >= 0.3 is 5.13 Å². The number of aromatic nitrogens is 3. The number of aryl methyl sites for hydroxylation is 1. The zero-order valence-electron chi connectivity index (χ0n) is 21.8. The molecule has 13 heteroatoms. The summed E-state index contributed by atoms with van der Waals surface area (Å²) in [7, 11) is -3.68. The molecule has 0 amide bonds. The zero-order valence-corrected chi connectivity index (χ0v) is 23.4. The SMILES string of the molecule is CCC[n+]1cc(S(=O)(=O)N2CCN(Cc3cncn3[C@H](C)c3ccc(F)cc3)CC2)sc1NCC(F)CN. The average Bonchev–Trinajstić information content (AvgIpc) is 3.55. The third-order valence-electron chi connectivity index (χ3n) is 6.74. The van der Waals surface area contributed by atoms with E-state index in [-0.39, 0.29) is 29.2 Å². The molecule has 1 unspecified atom stereocenters. The van der Waals surface area contributed by atoms with Crippen LogP contribution in [0.1, 0.15) is 37.6 Å². The Kier molecular flexibility index (Phi) is 9.47. The van der Waals surface area contributed by atoms with Gasteiger partial charge in [0.25, 0.3) is 10.0 Å². The third-order valence-corrected chi connectivity index (χ3v) is 10.2. The van der Waals surface area contributed by atoms with Gasteiger partial charge in [0.15, 0.2) is 4.21 Å². The van der Waals surface area contributed by atoms with Crippen molar-refractivity contribution < 1.29 is 21.8 Å². The van der Waals surface area contributed by atoms with E-state index in [1.807, 2.05) is 24.6 Å². The monoisotopic (exact) mass is 568 g/mol. The van der Waals surface area contributed by atoms with Gasteiger partial charge in [0, 0.05) is 45.5 Å². The predicted molar refractivity (Wildman–Crippen MR) is 144 cm³/mol. The molecule has 0 aliphatic carbocycles. The van der Waals surface area contributed by atoms with Gasteiger partial charge in [0.05, 0.1) is 24.6 Å². The van der Waals surface area contributed by atoms with Crippen LogP contribution in [0.2, 0.25) is 0 Å². The first-order chi connectivity index (χ1) is 18.2. The van der Waals surface area contributed by atoms with Crippen molar-refractivity contribution >= 4 is 26.5 Å².